The van der Waals surface area contributed by atoms with Crippen molar-refractivity contribution in [2.45, 2.75) is 25.8 Å². The fraction of sp³-hybridized carbons (Fsp3) is 0.450. The number of carbonyl (C=O) groups is 3. The average molecular weight is 422 g/mol. The predicted octanol–water partition coefficient (Wildman–Crippen LogP) is 2.25. The summed E-state index contributed by atoms with van der Waals surface area (Å²) in [6.45, 7) is 2.68. The zero-order valence-corrected chi connectivity index (χ0v) is 16.9. The molecule has 0 unspecified atom stereocenters. The SMILES string of the molecule is CCOC(=O)N1CCC(N2C(=O)C(SCCO)=C(c3ccc(F)cc3)C2=O)CC1. The van der Waals surface area contributed by atoms with Crippen LogP contribution in [0.3, 0.4) is 0 Å². The van der Waals surface area contributed by atoms with Crippen molar-refractivity contribution in [3.8, 4) is 0 Å². The second kappa shape index (κ2) is 9.41. The highest BCUT2D eigenvalue weighted by atomic mass is 32.2. The number of benzene rings is 1. The van der Waals surface area contributed by atoms with Crippen LogP contribution >= 0.6 is 11.8 Å². The number of aliphatic hydroxyl groups excluding tert-OH is 1. The Bertz CT molecular complexity index is 819. The fourth-order valence-corrected chi connectivity index (χ4v) is 4.40. The van der Waals surface area contributed by atoms with Crippen molar-refractivity contribution in [3.05, 3.63) is 40.6 Å². The molecular weight excluding hydrogens is 399 g/mol. The number of nitrogens with zero attached hydrogens (tertiary/aromatic N) is 2. The molecule has 1 fully saturated rings. The number of imide groups is 1. The third kappa shape index (κ3) is 4.45. The fourth-order valence-electron chi connectivity index (χ4n) is 3.53. The molecule has 2 heterocycles. The van der Waals surface area contributed by atoms with Gasteiger partial charge < -0.3 is 14.7 Å². The van der Waals surface area contributed by atoms with E-state index in [0.29, 0.717) is 31.5 Å². The van der Waals surface area contributed by atoms with E-state index in [9.17, 15) is 18.8 Å². The average Bonchev–Trinajstić information content (AvgIpc) is 2.97. The van der Waals surface area contributed by atoms with Gasteiger partial charge in [0.25, 0.3) is 11.8 Å². The van der Waals surface area contributed by atoms with E-state index in [1.165, 1.54) is 29.2 Å². The molecule has 1 aromatic carbocycles. The summed E-state index contributed by atoms with van der Waals surface area (Å²) in [6, 6.07) is 5.11. The van der Waals surface area contributed by atoms with Crippen LogP contribution < -0.4 is 0 Å². The molecule has 0 bridgehead atoms. The number of piperidine rings is 1. The second-order valence-corrected chi connectivity index (χ2v) is 7.79. The molecule has 0 aliphatic carbocycles. The van der Waals surface area contributed by atoms with Crippen molar-refractivity contribution in [2.75, 3.05) is 32.1 Å². The van der Waals surface area contributed by atoms with Crippen LogP contribution in [-0.4, -0.2) is 70.9 Å². The molecule has 7 nitrogen and oxygen atoms in total. The maximum absolute atomic E-state index is 13.3. The summed E-state index contributed by atoms with van der Waals surface area (Å²) < 4.78 is 18.3. The number of hydrogen-bond acceptors (Lipinski definition) is 6. The van der Waals surface area contributed by atoms with Gasteiger partial charge in [-0.05, 0) is 37.5 Å². The molecule has 2 aliphatic rings. The molecule has 9 heteroatoms. The number of amides is 3. The number of hydrogen-bond donors (Lipinski definition) is 1. The van der Waals surface area contributed by atoms with E-state index >= 15 is 0 Å². The van der Waals surface area contributed by atoms with Gasteiger partial charge in [-0.1, -0.05) is 12.1 Å². The Morgan fingerprint density at radius 2 is 1.86 bits per heavy atom. The first-order valence-electron chi connectivity index (χ1n) is 9.51. The summed E-state index contributed by atoms with van der Waals surface area (Å²) in [6.07, 6.45) is 0.532. The number of likely N-dealkylation sites (tertiary alicyclic amines) is 1. The van der Waals surface area contributed by atoms with Crippen molar-refractivity contribution < 1.29 is 28.6 Å². The molecular formula is C20H23FN2O5S. The van der Waals surface area contributed by atoms with Crippen LogP contribution in [0.4, 0.5) is 9.18 Å². The van der Waals surface area contributed by atoms with Gasteiger partial charge in [0.15, 0.2) is 0 Å². The molecule has 0 radical (unpaired) electrons. The first-order valence-corrected chi connectivity index (χ1v) is 10.5. The topological polar surface area (TPSA) is 87.2 Å². The number of carbonyl (C=O) groups excluding carboxylic acids is 3. The summed E-state index contributed by atoms with van der Waals surface area (Å²) in [5.74, 6) is -0.980. The van der Waals surface area contributed by atoms with Gasteiger partial charge in [0.05, 0.1) is 23.7 Å². The molecule has 0 aromatic heterocycles. The van der Waals surface area contributed by atoms with Crippen molar-refractivity contribution in [1.29, 1.82) is 0 Å². The Labute approximate surface area is 172 Å². The van der Waals surface area contributed by atoms with Crippen LogP contribution in [0.25, 0.3) is 5.57 Å². The number of ether oxygens (including phenoxy) is 1. The van der Waals surface area contributed by atoms with Gasteiger partial charge in [-0.3, -0.25) is 14.5 Å². The Kier molecular flexibility index (Phi) is 6.92. The van der Waals surface area contributed by atoms with E-state index in [1.54, 1.807) is 11.8 Å². The highest BCUT2D eigenvalue weighted by Gasteiger charge is 2.43. The van der Waals surface area contributed by atoms with E-state index in [0.717, 1.165) is 11.8 Å². The predicted molar refractivity (Wildman–Crippen MR) is 106 cm³/mol. The summed E-state index contributed by atoms with van der Waals surface area (Å²) in [7, 11) is 0. The number of thioether (sulfide) groups is 1. The summed E-state index contributed by atoms with van der Waals surface area (Å²) in [5.41, 5.74) is 0.706. The minimum atomic E-state index is -0.432. The molecule has 0 saturated carbocycles. The van der Waals surface area contributed by atoms with Gasteiger partial charge in [-0.25, -0.2) is 9.18 Å². The lowest BCUT2D eigenvalue weighted by atomic mass is 10.0. The number of aliphatic hydroxyl groups is 1. The Hall–Kier alpha value is -2.39. The van der Waals surface area contributed by atoms with Gasteiger partial charge in [0.1, 0.15) is 5.82 Å². The van der Waals surface area contributed by atoms with Crippen LogP contribution in [0.1, 0.15) is 25.3 Å². The summed E-state index contributed by atoms with van der Waals surface area (Å²) >= 11 is 1.12. The monoisotopic (exact) mass is 422 g/mol. The van der Waals surface area contributed by atoms with Crippen LogP contribution in [0, 0.1) is 5.82 Å². The van der Waals surface area contributed by atoms with Crippen LogP contribution in [-0.2, 0) is 14.3 Å². The quantitative estimate of drug-likeness (QED) is 0.708. The van der Waals surface area contributed by atoms with Gasteiger partial charge in [-0.15, -0.1) is 11.8 Å². The minimum Gasteiger partial charge on any atom is -0.450 e. The Balaban J connectivity index is 1.80. The first kappa shape index (κ1) is 21.3. The second-order valence-electron chi connectivity index (χ2n) is 6.68. The van der Waals surface area contributed by atoms with Gasteiger partial charge in [-0.2, -0.15) is 0 Å². The smallest absolute Gasteiger partial charge is 0.409 e. The largest absolute Gasteiger partial charge is 0.450 e. The van der Waals surface area contributed by atoms with E-state index < -0.39 is 23.7 Å². The summed E-state index contributed by atoms with van der Waals surface area (Å²) in [4.78, 5) is 41.2. The third-order valence-corrected chi connectivity index (χ3v) is 5.95. The van der Waals surface area contributed by atoms with Crippen LogP contribution in [0.2, 0.25) is 0 Å². The van der Waals surface area contributed by atoms with Gasteiger partial charge in [0, 0.05) is 24.9 Å². The highest BCUT2D eigenvalue weighted by molar-refractivity contribution is 8.04. The molecule has 2 aliphatic heterocycles. The number of rotatable bonds is 6. The lowest BCUT2D eigenvalue weighted by Crippen LogP contribution is -2.49. The molecule has 29 heavy (non-hydrogen) atoms. The zero-order chi connectivity index (χ0) is 21.0. The normalized spacial score (nSPS) is 18.0. The lowest BCUT2D eigenvalue weighted by Gasteiger charge is -2.35. The Morgan fingerprint density at radius 1 is 1.21 bits per heavy atom. The molecule has 156 valence electrons. The summed E-state index contributed by atoms with van der Waals surface area (Å²) in [5, 5.41) is 9.16. The van der Waals surface area contributed by atoms with E-state index in [4.69, 9.17) is 9.84 Å². The van der Waals surface area contributed by atoms with Gasteiger partial charge in [0.2, 0.25) is 0 Å². The maximum atomic E-state index is 13.3. The molecule has 3 rings (SSSR count). The van der Waals surface area contributed by atoms with Crippen molar-refractivity contribution in [1.82, 2.24) is 9.80 Å². The van der Waals surface area contributed by atoms with Crippen molar-refractivity contribution in [2.24, 2.45) is 0 Å². The Morgan fingerprint density at radius 3 is 2.45 bits per heavy atom. The first-order chi connectivity index (χ1) is 14.0. The number of halogens is 1. The molecule has 3 amide bonds. The highest BCUT2D eigenvalue weighted by Crippen LogP contribution is 2.38. The van der Waals surface area contributed by atoms with Gasteiger partial charge >= 0.3 is 6.09 Å². The lowest BCUT2D eigenvalue weighted by molar-refractivity contribution is -0.140. The maximum Gasteiger partial charge on any atom is 0.409 e. The molecule has 1 aromatic rings. The van der Waals surface area contributed by atoms with Crippen LogP contribution in [0.5, 0.6) is 0 Å². The van der Waals surface area contributed by atoms with Crippen molar-refractivity contribution in [3.63, 3.8) is 0 Å². The van der Waals surface area contributed by atoms with E-state index in [2.05, 4.69) is 0 Å². The zero-order valence-electron chi connectivity index (χ0n) is 16.1. The molecule has 1 saturated heterocycles. The minimum absolute atomic E-state index is 0.135. The standard InChI is InChI=1S/C20H23FN2O5S/c1-2-28-20(27)22-9-7-15(8-10-22)23-18(25)16(13-3-5-14(21)6-4-13)17(19(23)26)29-12-11-24/h3-6,15,24H,2,7-12H2,1H3. The van der Waals surface area contributed by atoms with Crippen molar-refractivity contribution >= 4 is 35.2 Å². The molecule has 0 atom stereocenters. The molecule has 1 N–H and O–H groups in total. The van der Waals surface area contributed by atoms with Crippen LogP contribution in [0.15, 0.2) is 29.2 Å². The third-order valence-electron chi connectivity index (χ3n) is 4.90. The van der Waals surface area contributed by atoms with E-state index in [-0.39, 0.29) is 35.5 Å². The van der Waals surface area contributed by atoms with E-state index in [1.807, 2.05) is 0 Å². The molecule has 0 spiro atoms.